The van der Waals surface area contributed by atoms with E-state index in [0.29, 0.717) is 4.90 Å². The summed E-state index contributed by atoms with van der Waals surface area (Å²) >= 11 is 0. The Balaban J connectivity index is 2.65. The van der Waals surface area contributed by atoms with Crippen molar-refractivity contribution in [1.82, 2.24) is 0 Å². The number of rotatable bonds is 1. The van der Waals surface area contributed by atoms with E-state index in [1.54, 1.807) is 32.9 Å². The number of fused-ring (bicyclic) bond motifs is 1. The van der Waals surface area contributed by atoms with Gasteiger partial charge in [0.25, 0.3) is 0 Å². The average molecular weight is 264 g/mol. The number of sulfone groups is 1. The van der Waals surface area contributed by atoms with Gasteiger partial charge in [0.05, 0.1) is 9.64 Å². The zero-order chi connectivity index (χ0) is 13.6. The zero-order valence-corrected chi connectivity index (χ0v) is 12.0. The Morgan fingerprint density at radius 1 is 1.06 bits per heavy atom. The second kappa shape index (κ2) is 4.05. The topological polar surface area (TPSA) is 38.0 Å². The maximum absolute atomic E-state index is 12.4. The van der Waals surface area contributed by atoms with Gasteiger partial charge in [0, 0.05) is 11.5 Å². The van der Waals surface area contributed by atoms with E-state index in [9.17, 15) is 8.42 Å². The lowest BCUT2D eigenvalue weighted by Crippen LogP contribution is -2.28. The fourth-order valence-corrected chi connectivity index (χ4v) is 3.03. The predicted octanol–water partition coefficient (Wildman–Crippen LogP) is 2.24. The third-order valence-electron chi connectivity index (χ3n) is 3.01. The molecule has 2 rings (SSSR count). The Morgan fingerprint density at radius 3 is 2.33 bits per heavy atom. The average Bonchev–Trinajstić information content (AvgIpc) is 2.26. The number of aryl methyl sites for hydroxylation is 1. The van der Waals surface area contributed by atoms with Crippen molar-refractivity contribution < 1.29 is 13.0 Å². The van der Waals surface area contributed by atoms with Crippen LogP contribution < -0.4 is 4.57 Å². The Morgan fingerprint density at radius 2 is 1.72 bits per heavy atom. The molecular weight excluding hydrogens is 246 g/mol. The van der Waals surface area contributed by atoms with Gasteiger partial charge in [-0.15, -0.1) is 0 Å². The van der Waals surface area contributed by atoms with Crippen LogP contribution in [-0.4, -0.2) is 13.2 Å². The molecule has 0 radical (unpaired) electrons. The minimum Gasteiger partial charge on any atom is -0.223 e. The second-order valence-electron chi connectivity index (χ2n) is 5.52. The van der Waals surface area contributed by atoms with E-state index in [1.165, 1.54) is 0 Å². The van der Waals surface area contributed by atoms with Gasteiger partial charge in [0.15, 0.2) is 22.2 Å². The van der Waals surface area contributed by atoms with Gasteiger partial charge in [-0.2, -0.15) is 0 Å². The van der Waals surface area contributed by atoms with Crippen molar-refractivity contribution >= 4 is 20.6 Å². The zero-order valence-electron chi connectivity index (χ0n) is 11.1. The molecule has 1 aromatic heterocycles. The summed E-state index contributed by atoms with van der Waals surface area (Å²) in [5, 5.41) is 1.98. The molecule has 1 aromatic carbocycles. The molecule has 0 fully saturated rings. The summed E-state index contributed by atoms with van der Waals surface area (Å²) in [5.74, 6) is 0. The molecule has 0 saturated heterocycles. The third-order valence-corrected chi connectivity index (χ3v) is 5.49. The van der Waals surface area contributed by atoms with Gasteiger partial charge in [0.1, 0.15) is 7.05 Å². The molecule has 0 atom stereocenters. The standard InChI is InChI=1S/C14H18NO2S/c1-14(2,3)18(16,17)13-6-5-12-10-15(4)8-7-11(12)9-13/h5-10H,1-4H3/q+1. The Bertz CT molecular complexity index is 697. The molecule has 0 aliphatic rings. The van der Waals surface area contributed by atoms with E-state index < -0.39 is 14.6 Å². The van der Waals surface area contributed by atoms with Crippen LogP contribution in [0.15, 0.2) is 41.6 Å². The second-order valence-corrected chi connectivity index (χ2v) is 8.22. The third kappa shape index (κ3) is 2.12. The first-order valence-corrected chi connectivity index (χ1v) is 7.34. The molecule has 0 aliphatic heterocycles. The van der Waals surface area contributed by atoms with Gasteiger partial charge in [-0.1, -0.05) is 0 Å². The number of aromatic nitrogens is 1. The summed E-state index contributed by atoms with van der Waals surface area (Å²) in [6.07, 6.45) is 3.89. The van der Waals surface area contributed by atoms with Crippen molar-refractivity contribution in [3.8, 4) is 0 Å². The summed E-state index contributed by atoms with van der Waals surface area (Å²) in [6.45, 7) is 5.16. The molecule has 3 nitrogen and oxygen atoms in total. The Labute approximate surface area is 108 Å². The van der Waals surface area contributed by atoms with Crippen molar-refractivity contribution in [3.63, 3.8) is 0 Å². The van der Waals surface area contributed by atoms with E-state index in [0.717, 1.165) is 10.8 Å². The van der Waals surface area contributed by atoms with Crippen LogP contribution in [-0.2, 0) is 16.9 Å². The molecule has 96 valence electrons. The van der Waals surface area contributed by atoms with Crippen LogP contribution >= 0.6 is 0 Å². The smallest absolute Gasteiger partial charge is 0.183 e. The first kappa shape index (κ1) is 13.0. The molecule has 0 amide bonds. The van der Waals surface area contributed by atoms with Crippen LogP contribution in [0.3, 0.4) is 0 Å². The fourth-order valence-electron chi connectivity index (χ4n) is 1.80. The van der Waals surface area contributed by atoms with Gasteiger partial charge in [-0.25, -0.2) is 13.0 Å². The lowest BCUT2D eigenvalue weighted by Gasteiger charge is -2.19. The molecule has 4 heteroatoms. The SMILES string of the molecule is C[n+]1ccc2cc(S(=O)(=O)C(C)(C)C)ccc2c1. The van der Waals surface area contributed by atoms with E-state index in [1.807, 2.05) is 36.1 Å². The summed E-state index contributed by atoms with van der Waals surface area (Å²) in [6, 6.07) is 7.21. The quantitative estimate of drug-likeness (QED) is 0.741. The molecule has 18 heavy (non-hydrogen) atoms. The molecular formula is C14H18NO2S+. The molecule has 0 N–H and O–H groups in total. The Hall–Kier alpha value is -1.42. The summed E-state index contributed by atoms with van der Waals surface area (Å²) in [4.78, 5) is 0.386. The van der Waals surface area contributed by atoms with Gasteiger partial charge in [-0.3, -0.25) is 0 Å². The highest BCUT2D eigenvalue weighted by molar-refractivity contribution is 7.92. The maximum atomic E-state index is 12.4. The monoisotopic (exact) mass is 264 g/mol. The lowest BCUT2D eigenvalue weighted by atomic mass is 10.2. The van der Waals surface area contributed by atoms with Gasteiger partial charge in [0.2, 0.25) is 0 Å². The van der Waals surface area contributed by atoms with Crippen LogP contribution in [0, 0.1) is 0 Å². The highest BCUT2D eigenvalue weighted by Crippen LogP contribution is 2.26. The molecule has 2 aromatic rings. The van der Waals surface area contributed by atoms with Crippen molar-refractivity contribution in [1.29, 1.82) is 0 Å². The molecule has 1 heterocycles. The highest BCUT2D eigenvalue weighted by atomic mass is 32.2. The van der Waals surface area contributed by atoms with E-state index >= 15 is 0 Å². The maximum Gasteiger partial charge on any atom is 0.183 e. The minimum absolute atomic E-state index is 0.386. The van der Waals surface area contributed by atoms with Gasteiger partial charge >= 0.3 is 0 Å². The van der Waals surface area contributed by atoms with Gasteiger partial charge < -0.3 is 0 Å². The van der Waals surface area contributed by atoms with E-state index in [-0.39, 0.29) is 0 Å². The van der Waals surface area contributed by atoms with Crippen molar-refractivity contribution in [2.75, 3.05) is 0 Å². The number of pyridine rings is 1. The number of benzene rings is 1. The first-order chi connectivity index (χ1) is 8.22. The first-order valence-electron chi connectivity index (χ1n) is 5.85. The number of hydrogen-bond donors (Lipinski definition) is 0. The van der Waals surface area contributed by atoms with Crippen molar-refractivity contribution in [3.05, 3.63) is 36.7 Å². The largest absolute Gasteiger partial charge is 0.223 e. The normalized spacial score (nSPS) is 12.9. The van der Waals surface area contributed by atoms with Crippen molar-refractivity contribution in [2.24, 2.45) is 7.05 Å². The van der Waals surface area contributed by atoms with Crippen molar-refractivity contribution in [2.45, 2.75) is 30.4 Å². The lowest BCUT2D eigenvalue weighted by molar-refractivity contribution is -0.670. The van der Waals surface area contributed by atoms with Crippen LogP contribution in [0.2, 0.25) is 0 Å². The Kier molecular flexibility index (Phi) is 2.93. The van der Waals surface area contributed by atoms with E-state index in [4.69, 9.17) is 0 Å². The molecule has 0 spiro atoms. The van der Waals surface area contributed by atoms with E-state index in [2.05, 4.69) is 0 Å². The molecule has 0 bridgehead atoms. The molecule has 0 saturated carbocycles. The highest BCUT2D eigenvalue weighted by Gasteiger charge is 2.30. The fraction of sp³-hybridized carbons (Fsp3) is 0.357. The minimum atomic E-state index is -3.28. The molecule has 0 aliphatic carbocycles. The summed E-state index contributed by atoms with van der Waals surface area (Å²) < 4.78 is 25.9. The molecule has 0 unspecified atom stereocenters. The van der Waals surface area contributed by atoms with Gasteiger partial charge in [-0.05, 0) is 44.4 Å². The predicted molar refractivity (Wildman–Crippen MR) is 72.1 cm³/mol. The van der Waals surface area contributed by atoms with Crippen LogP contribution in [0.1, 0.15) is 20.8 Å². The number of nitrogens with zero attached hydrogens (tertiary/aromatic N) is 1. The van der Waals surface area contributed by atoms with Crippen LogP contribution in [0.4, 0.5) is 0 Å². The van der Waals surface area contributed by atoms with Crippen LogP contribution in [0.25, 0.3) is 10.8 Å². The summed E-state index contributed by atoms with van der Waals surface area (Å²) in [7, 11) is -1.34. The summed E-state index contributed by atoms with van der Waals surface area (Å²) in [5.41, 5.74) is 0. The number of hydrogen-bond acceptors (Lipinski definition) is 2. The van der Waals surface area contributed by atoms with Crippen LogP contribution in [0.5, 0.6) is 0 Å².